The number of rotatable bonds is 3. The minimum atomic E-state index is -0.393. The lowest BCUT2D eigenvalue weighted by atomic mass is 10.2. The summed E-state index contributed by atoms with van der Waals surface area (Å²) in [5.74, 6) is -0.168. The lowest BCUT2D eigenvalue weighted by Crippen LogP contribution is -2.24. The summed E-state index contributed by atoms with van der Waals surface area (Å²) in [4.78, 5) is 12.0. The molecular formula is C12H11BrClN3O. The topological polar surface area (TPSA) is 46.9 Å². The molecule has 2 rings (SSSR count). The Morgan fingerprint density at radius 2 is 2.33 bits per heavy atom. The van der Waals surface area contributed by atoms with E-state index in [0.29, 0.717) is 10.7 Å². The molecule has 0 aliphatic heterocycles. The van der Waals surface area contributed by atoms with Crippen molar-refractivity contribution in [3.8, 4) is 0 Å². The fourth-order valence-electron chi connectivity index (χ4n) is 1.46. The maximum Gasteiger partial charge on any atom is 0.248 e. The van der Waals surface area contributed by atoms with Gasteiger partial charge in [0.2, 0.25) is 5.91 Å². The van der Waals surface area contributed by atoms with Crippen LogP contribution in [0.5, 0.6) is 0 Å². The number of anilines is 1. The molecule has 0 spiro atoms. The SMILES string of the molecule is CC(C(=O)Nc1cc(Br)ccc1Cl)n1cccn1. The third-order valence-corrected chi connectivity index (χ3v) is 3.31. The second-order valence-electron chi connectivity index (χ2n) is 3.78. The van der Waals surface area contributed by atoms with E-state index < -0.39 is 6.04 Å². The van der Waals surface area contributed by atoms with Crippen molar-refractivity contribution in [1.82, 2.24) is 9.78 Å². The van der Waals surface area contributed by atoms with Crippen molar-refractivity contribution in [3.05, 3.63) is 46.2 Å². The van der Waals surface area contributed by atoms with Gasteiger partial charge in [0.1, 0.15) is 6.04 Å². The van der Waals surface area contributed by atoms with Gasteiger partial charge in [0.15, 0.2) is 0 Å². The van der Waals surface area contributed by atoms with Gasteiger partial charge in [0.05, 0.1) is 10.7 Å². The Kier molecular flexibility index (Phi) is 4.04. The van der Waals surface area contributed by atoms with Crippen LogP contribution in [0.25, 0.3) is 0 Å². The van der Waals surface area contributed by atoms with E-state index in [1.54, 1.807) is 42.2 Å². The summed E-state index contributed by atoms with van der Waals surface area (Å²) in [5.41, 5.74) is 0.579. The largest absolute Gasteiger partial charge is 0.323 e. The third kappa shape index (κ3) is 2.91. The van der Waals surface area contributed by atoms with E-state index in [1.165, 1.54) is 0 Å². The van der Waals surface area contributed by atoms with Crippen molar-refractivity contribution in [2.24, 2.45) is 0 Å². The molecular weight excluding hydrogens is 318 g/mol. The first-order valence-electron chi connectivity index (χ1n) is 5.33. The number of nitrogens with zero attached hydrogens (tertiary/aromatic N) is 2. The normalized spacial score (nSPS) is 12.2. The predicted molar refractivity (Wildman–Crippen MR) is 74.7 cm³/mol. The molecule has 1 aromatic carbocycles. The van der Waals surface area contributed by atoms with Gasteiger partial charge in [-0.2, -0.15) is 5.10 Å². The molecule has 0 aliphatic rings. The van der Waals surface area contributed by atoms with E-state index in [4.69, 9.17) is 11.6 Å². The fraction of sp³-hybridized carbons (Fsp3) is 0.167. The molecule has 1 aromatic heterocycles. The molecule has 0 saturated heterocycles. The van der Waals surface area contributed by atoms with Crippen LogP contribution in [0, 0.1) is 0 Å². The number of hydrogen-bond donors (Lipinski definition) is 1. The zero-order valence-electron chi connectivity index (χ0n) is 9.60. The Morgan fingerprint density at radius 3 is 3.00 bits per heavy atom. The highest BCUT2D eigenvalue weighted by atomic mass is 79.9. The van der Waals surface area contributed by atoms with Crippen LogP contribution in [-0.2, 0) is 4.79 Å². The molecule has 1 heterocycles. The average molecular weight is 329 g/mol. The minimum absolute atomic E-state index is 0.168. The second kappa shape index (κ2) is 5.54. The van der Waals surface area contributed by atoms with Crippen LogP contribution >= 0.6 is 27.5 Å². The summed E-state index contributed by atoms with van der Waals surface area (Å²) in [6.07, 6.45) is 3.38. The molecule has 0 bridgehead atoms. The Balaban J connectivity index is 2.14. The standard InChI is InChI=1S/C12H11BrClN3O/c1-8(17-6-2-5-15-17)12(18)16-11-7-9(13)3-4-10(11)14/h2-8H,1H3,(H,16,18). The molecule has 6 heteroatoms. The van der Waals surface area contributed by atoms with Crippen molar-refractivity contribution in [3.63, 3.8) is 0 Å². The molecule has 4 nitrogen and oxygen atoms in total. The van der Waals surface area contributed by atoms with Crippen LogP contribution in [0.2, 0.25) is 5.02 Å². The molecule has 0 saturated carbocycles. The number of amides is 1. The zero-order chi connectivity index (χ0) is 13.1. The van der Waals surface area contributed by atoms with E-state index in [-0.39, 0.29) is 5.91 Å². The number of aromatic nitrogens is 2. The Hall–Kier alpha value is -1.33. The highest BCUT2D eigenvalue weighted by Gasteiger charge is 2.16. The highest BCUT2D eigenvalue weighted by Crippen LogP contribution is 2.26. The first kappa shape index (κ1) is 13.1. The van der Waals surface area contributed by atoms with Gasteiger partial charge >= 0.3 is 0 Å². The maximum atomic E-state index is 12.0. The highest BCUT2D eigenvalue weighted by molar-refractivity contribution is 9.10. The predicted octanol–water partition coefficient (Wildman–Crippen LogP) is 3.50. The molecule has 1 unspecified atom stereocenters. The molecule has 18 heavy (non-hydrogen) atoms. The smallest absolute Gasteiger partial charge is 0.248 e. The summed E-state index contributed by atoms with van der Waals surface area (Å²) in [5, 5.41) is 7.31. The summed E-state index contributed by atoms with van der Waals surface area (Å²) in [6, 6.07) is 6.68. The number of carbonyl (C=O) groups is 1. The molecule has 0 radical (unpaired) electrons. The summed E-state index contributed by atoms with van der Waals surface area (Å²) < 4.78 is 2.44. The van der Waals surface area contributed by atoms with E-state index in [9.17, 15) is 4.79 Å². The first-order chi connectivity index (χ1) is 8.58. The average Bonchev–Trinajstić information content (AvgIpc) is 2.86. The van der Waals surface area contributed by atoms with E-state index in [2.05, 4.69) is 26.3 Å². The van der Waals surface area contributed by atoms with Crippen LogP contribution < -0.4 is 5.32 Å². The second-order valence-corrected chi connectivity index (χ2v) is 5.10. The van der Waals surface area contributed by atoms with Gasteiger partial charge in [-0.05, 0) is 31.2 Å². The number of nitrogens with one attached hydrogen (secondary N) is 1. The Morgan fingerprint density at radius 1 is 1.56 bits per heavy atom. The third-order valence-electron chi connectivity index (χ3n) is 2.49. The lowest BCUT2D eigenvalue weighted by molar-refractivity contribution is -0.119. The van der Waals surface area contributed by atoms with Crippen LogP contribution in [0.4, 0.5) is 5.69 Å². The molecule has 1 N–H and O–H groups in total. The summed E-state index contributed by atoms with van der Waals surface area (Å²) >= 11 is 9.35. The Bertz CT molecular complexity index is 556. The number of benzene rings is 1. The summed E-state index contributed by atoms with van der Waals surface area (Å²) in [6.45, 7) is 1.77. The zero-order valence-corrected chi connectivity index (χ0v) is 11.9. The Labute approximate surface area is 118 Å². The van der Waals surface area contributed by atoms with Gasteiger partial charge in [0.25, 0.3) is 0 Å². The van der Waals surface area contributed by atoms with Gasteiger partial charge < -0.3 is 5.32 Å². The van der Waals surface area contributed by atoms with Crippen LogP contribution in [0.1, 0.15) is 13.0 Å². The molecule has 2 aromatic rings. The maximum absolute atomic E-state index is 12.0. The quantitative estimate of drug-likeness (QED) is 0.937. The van der Waals surface area contributed by atoms with Gasteiger partial charge in [-0.1, -0.05) is 27.5 Å². The van der Waals surface area contributed by atoms with Crippen molar-refractivity contribution in [2.75, 3.05) is 5.32 Å². The first-order valence-corrected chi connectivity index (χ1v) is 6.50. The monoisotopic (exact) mass is 327 g/mol. The van der Waals surface area contributed by atoms with Crippen LogP contribution in [-0.4, -0.2) is 15.7 Å². The number of halogens is 2. The lowest BCUT2D eigenvalue weighted by Gasteiger charge is -2.13. The minimum Gasteiger partial charge on any atom is -0.323 e. The van der Waals surface area contributed by atoms with Crippen molar-refractivity contribution >= 4 is 39.1 Å². The van der Waals surface area contributed by atoms with Crippen molar-refractivity contribution in [1.29, 1.82) is 0 Å². The van der Waals surface area contributed by atoms with Gasteiger partial charge in [-0.3, -0.25) is 9.48 Å². The van der Waals surface area contributed by atoms with Crippen LogP contribution in [0.3, 0.4) is 0 Å². The van der Waals surface area contributed by atoms with E-state index in [1.807, 2.05) is 6.07 Å². The van der Waals surface area contributed by atoms with Gasteiger partial charge in [-0.25, -0.2) is 0 Å². The molecule has 1 amide bonds. The van der Waals surface area contributed by atoms with E-state index >= 15 is 0 Å². The number of carbonyl (C=O) groups excluding carboxylic acids is 1. The molecule has 1 atom stereocenters. The molecule has 0 fully saturated rings. The van der Waals surface area contributed by atoms with Crippen molar-refractivity contribution in [2.45, 2.75) is 13.0 Å². The fourth-order valence-corrected chi connectivity index (χ4v) is 1.99. The number of hydrogen-bond acceptors (Lipinski definition) is 2. The molecule has 94 valence electrons. The van der Waals surface area contributed by atoms with Crippen molar-refractivity contribution < 1.29 is 4.79 Å². The van der Waals surface area contributed by atoms with Gasteiger partial charge in [-0.15, -0.1) is 0 Å². The van der Waals surface area contributed by atoms with E-state index in [0.717, 1.165) is 4.47 Å². The van der Waals surface area contributed by atoms with Gasteiger partial charge in [0, 0.05) is 16.9 Å². The molecule has 0 aliphatic carbocycles. The van der Waals surface area contributed by atoms with Crippen LogP contribution in [0.15, 0.2) is 41.1 Å². The summed E-state index contributed by atoms with van der Waals surface area (Å²) in [7, 11) is 0.